The average molecular weight is 165 g/mol. The predicted molar refractivity (Wildman–Crippen MR) is 34.3 cm³/mol. The standard InChI is InChI=1S/C5H11NO5/c6-5(11,2-8)4(10)3(9)1-7/h1,3-4,8-11H,2,6H2/t3-,4+,5-/m0/s1. The molecule has 0 spiro atoms. The van der Waals surface area contributed by atoms with E-state index in [1.165, 1.54) is 0 Å². The van der Waals surface area contributed by atoms with Crippen molar-refractivity contribution < 1.29 is 25.2 Å². The van der Waals surface area contributed by atoms with Crippen LogP contribution in [0, 0.1) is 0 Å². The number of hydrogen-bond acceptors (Lipinski definition) is 6. The first-order valence-corrected chi connectivity index (χ1v) is 2.89. The van der Waals surface area contributed by atoms with Crippen molar-refractivity contribution >= 4 is 6.29 Å². The third-order valence-electron chi connectivity index (χ3n) is 1.23. The van der Waals surface area contributed by atoms with Crippen LogP contribution in [0.4, 0.5) is 0 Å². The molecule has 0 heterocycles. The molecule has 0 unspecified atom stereocenters. The average Bonchev–Trinajstić information content (AvgIpc) is 2.01. The Morgan fingerprint density at radius 2 is 2.00 bits per heavy atom. The van der Waals surface area contributed by atoms with Gasteiger partial charge in [-0.1, -0.05) is 0 Å². The van der Waals surface area contributed by atoms with E-state index in [1.807, 2.05) is 0 Å². The molecule has 0 aromatic heterocycles. The molecule has 0 bridgehead atoms. The largest absolute Gasteiger partial charge is 0.392 e. The lowest BCUT2D eigenvalue weighted by atomic mass is 10.0. The van der Waals surface area contributed by atoms with Crippen molar-refractivity contribution in [2.45, 2.75) is 17.9 Å². The highest BCUT2D eigenvalue weighted by Crippen LogP contribution is 2.04. The molecule has 0 aliphatic rings. The van der Waals surface area contributed by atoms with Gasteiger partial charge in [-0.05, 0) is 0 Å². The maximum absolute atomic E-state index is 9.85. The van der Waals surface area contributed by atoms with Gasteiger partial charge >= 0.3 is 0 Å². The van der Waals surface area contributed by atoms with Gasteiger partial charge in [-0.2, -0.15) is 0 Å². The second kappa shape index (κ2) is 3.74. The fraction of sp³-hybridized carbons (Fsp3) is 0.800. The van der Waals surface area contributed by atoms with Gasteiger partial charge in [0.05, 0.1) is 6.61 Å². The highest BCUT2D eigenvalue weighted by Gasteiger charge is 2.35. The first-order valence-electron chi connectivity index (χ1n) is 2.89. The van der Waals surface area contributed by atoms with E-state index >= 15 is 0 Å². The van der Waals surface area contributed by atoms with Crippen LogP contribution in [0.2, 0.25) is 0 Å². The van der Waals surface area contributed by atoms with Gasteiger partial charge in [-0.15, -0.1) is 0 Å². The van der Waals surface area contributed by atoms with E-state index in [2.05, 4.69) is 0 Å². The highest BCUT2D eigenvalue weighted by atomic mass is 16.4. The van der Waals surface area contributed by atoms with Crippen molar-refractivity contribution in [2.75, 3.05) is 6.61 Å². The van der Waals surface area contributed by atoms with Crippen molar-refractivity contribution in [1.29, 1.82) is 0 Å². The minimum Gasteiger partial charge on any atom is -0.392 e. The SMILES string of the molecule is N[C@](O)(CO)[C@H](O)[C@@H](O)C=O. The summed E-state index contributed by atoms with van der Waals surface area (Å²) in [6, 6.07) is 0. The Kier molecular flexibility index (Phi) is 3.56. The molecule has 0 rings (SSSR count). The Morgan fingerprint density at radius 1 is 1.55 bits per heavy atom. The van der Waals surface area contributed by atoms with E-state index in [0.717, 1.165) is 0 Å². The number of aliphatic hydroxyl groups excluding tert-OH is 3. The number of rotatable bonds is 4. The molecule has 0 aliphatic heterocycles. The maximum atomic E-state index is 9.85. The first-order chi connectivity index (χ1) is 4.95. The lowest BCUT2D eigenvalue weighted by Gasteiger charge is -2.27. The van der Waals surface area contributed by atoms with Crippen molar-refractivity contribution in [1.82, 2.24) is 0 Å². The molecule has 0 fully saturated rings. The zero-order valence-electron chi connectivity index (χ0n) is 5.71. The Hall–Kier alpha value is -0.530. The third kappa shape index (κ3) is 2.52. The van der Waals surface area contributed by atoms with Crippen LogP contribution in [0.25, 0.3) is 0 Å². The minimum absolute atomic E-state index is 0.0121. The van der Waals surface area contributed by atoms with Crippen LogP contribution in [-0.4, -0.2) is 51.3 Å². The normalized spacial score (nSPS) is 21.9. The van der Waals surface area contributed by atoms with Gasteiger partial charge in [0.15, 0.2) is 12.0 Å². The van der Waals surface area contributed by atoms with Crippen LogP contribution >= 0.6 is 0 Å². The molecular formula is C5H11NO5. The summed E-state index contributed by atoms with van der Waals surface area (Å²) >= 11 is 0. The lowest BCUT2D eigenvalue weighted by Crippen LogP contribution is -2.58. The summed E-state index contributed by atoms with van der Waals surface area (Å²) in [6.07, 6.45) is -3.67. The summed E-state index contributed by atoms with van der Waals surface area (Å²) < 4.78 is 0. The smallest absolute Gasteiger partial charge is 0.166 e. The van der Waals surface area contributed by atoms with E-state index in [9.17, 15) is 4.79 Å². The number of aldehydes is 1. The van der Waals surface area contributed by atoms with Gasteiger partial charge in [0.2, 0.25) is 0 Å². The Balaban J connectivity index is 4.21. The van der Waals surface area contributed by atoms with E-state index in [1.54, 1.807) is 0 Å². The van der Waals surface area contributed by atoms with E-state index in [0.29, 0.717) is 0 Å². The Labute approximate surface area is 62.9 Å². The lowest BCUT2D eigenvalue weighted by molar-refractivity contribution is -0.151. The molecule has 0 saturated heterocycles. The number of nitrogens with two attached hydrogens (primary N) is 1. The third-order valence-corrected chi connectivity index (χ3v) is 1.23. The van der Waals surface area contributed by atoms with E-state index in [-0.39, 0.29) is 6.29 Å². The van der Waals surface area contributed by atoms with Crippen molar-refractivity contribution in [3.8, 4) is 0 Å². The molecule has 0 aromatic carbocycles. The Bertz CT molecular complexity index is 137. The minimum atomic E-state index is -2.35. The molecular weight excluding hydrogens is 154 g/mol. The van der Waals surface area contributed by atoms with Gasteiger partial charge < -0.3 is 25.2 Å². The van der Waals surface area contributed by atoms with E-state index in [4.69, 9.17) is 26.2 Å². The summed E-state index contributed by atoms with van der Waals surface area (Å²) in [5, 5.41) is 34.7. The molecule has 66 valence electrons. The summed E-state index contributed by atoms with van der Waals surface area (Å²) in [6.45, 7) is -0.945. The topological polar surface area (TPSA) is 124 Å². The van der Waals surface area contributed by atoms with Crippen LogP contribution in [0.1, 0.15) is 0 Å². The molecule has 0 saturated carbocycles. The summed E-state index contributed by atoms with van der Waals surface area (Å²) in [7, 11) is 0. The molecule has 6 N–H and O–H groups in total. The fourth-order valence-corrected chi connectivity index (χ4v) is 0.464. The van der Waals surface area contributed by atoms with E-state index < -0.39 is 24.5 Å². The van der Waals surface area contributed by atoms with Crippen molar-refractivity contribution in [3.63, 3.8) is 0 Å². The highest BCUT2D eigenvalue weighted by molar-refractivity contribution is 5.56. The number of aliphatic hydroxyl groups is 4. The first kappa shape index (κ1) is 10.5. The van der Waals surface area contributed by atoms with Gasteiger partial charge in [0, 0.05) is 0 Å². The molecule has 0 radical (unpaired) electrons. The fourth-order valence-electron chi connectivity index (χ4n) is 0.464. The zero-order valence-corrected chi connectivity index (χ0v) is 5.71. The maximum Gasteiger partial charge on any atom is 0.166 e. The van der Waals surface area contributed by atoms with Crippen LogP contribution in [0.3, 0.4) is 0 Å². The molecule has 6 heteroatoms. The quantitative estimate of drug-likeness (QED) is 0.218. The zero-order chi connectivity index (χ0) is 9.07. The van der Waals surface area contributed by atoms with Crippen molar-refractivity contribution in [2.24, 2.45) is 5.73 Å². The number of carbonyl (C=O) groups excluding carboxylic acids is 1. The van der Waals surface area contributed by atoms with Crippen LogP contribution in [0.15, 0.2) is 0 Å². The molecule has 0 amide bonds. The molecule has 11 heavy (non-hydrogen) atoms. The predicted octanol–water partition coefficient (Wildman–Crippen LogP) is -3.45. The monoisotopic (exact) mass is 165 g/mol. The second-order valence-electron chi connectivity index (χ2n) is 2.22. The summed E-state index contributed by atoms with van der Waals surface area (Å²) in [5.41, 5.74) is 2.53. The molecule has 6 nitrogen and oxygen atoms in total. The second-order valence-corrected chi connectivity index (χ2v) is 2.22. The van der Waals surface area contributed by atoms with Gasteiger partial charge in [-0.3, -0.25) is 5.73 Å². The van der Waals surface area contributed by atoms with Gasteiger partial charge in [-0.25, -0.2) is 0 Å². The van der Waals surface area contributed by atoms with Crippen molar-refractivity contribution in [3.05, 3.63) is 0 Å². The summed E-state index contributed by atoms with van der Waals surface area (Å²) in [4.78, 5) is 9.85. The molecule has 0 aliphatic carbocycles. The van der Waals surface area contributed by atoms with Gasteiger partial charge in [0.1, 0.15) is 12.2 Å². The van der Waals surface area contributed by atoms with Crippen LogP contribution in [0.5, 0.6) is 0 Å². The van der Waals surface area contributed by atoms with Crippen LogP contribution < -0.4 is 5.73 Å². The summed E-state index contributed by atoms with van der Waals surface area (Å²) in [5.74, 6) is 0. The molecule has 3 atom stereocenters. The number of carbonyl (C=O) groups is 1. The Morgan fingerprint density at radius 3 is 2.27 bits per heavy atom. The van der Waals surface area contributed by atoms with Gasteiger partial charge in [0.25, 0.3) is 0 Å². The number of hydrogen-bond donors (Lipinski definition) is 5. The van der Waals surface area contributed by atoms with Crippen LogP contribution in [-0.2, 0) is 4.79 Å². The molecule has 0 aromatic rings.